The molecule has 0 heterocycles. The van der Waals surface area contributed by atoms with Gasteiger partial charge in [-0.2, -0.15) is 0 Å². The Bertz CT molecular complexity index is 772. The van der Waals surface area contributed by atoms with Crippen molar-refractivity contribution in [1.29, 1.82) is 0 Å². The van der Waals surface area contributed by atoms with Gasteiger partial charge in [-0.25, -0.2) is 12.8 Å². The van der Waals surface area contributed by atoms with E-state index in [4.69, 9.17) is 0 Å². The van der Waals surface area contributed by atoms with Crippen LogP contribution >= 0.6 is 0 Å². The molecule has 4 nitrogen and oxygen atoms in total. The fourth-order valence-corrected chi connectivity index (χ4v) is 2.45. The van der Waals surface area contributed by atoms with Gasteiger partial charge in [0.1, 0.15) is 5.82 Å². The predicted molar refractivity (Wildman–Crippen MR) is 77.1 cm³/mol. The smallest absolute Gasteiger partial charge is 0.251 e. The van der Waals surface area contributed by atoms with E-state index >= 15 is 0 Å². The van der Waals surface area contributed by atoms with Gasteiger partial charge in [0.15, 0.2) is 9.84 Å². The normalized spacial score (nSPS) is 11.1. The molecule has 1 N–H and O–H groups in total. The van der Waals surface area contributed by atoms with Gasteiger partial charge in [-0.15, -0.1) is 0 Å². The van der Waals surface area contributed by atoms with Crippen LogP contribution in [-0.4, -0.2) is 20.6 Å². The van der Waals surface area contributed by atoms with Gasteiger partial charge in [0.25, 0.3) is 5.91 Å². The molecule has 0 fully saturated rings. The zero-order valence-electron chi connectivity index (χ0n) is 11.3. The summed E-state index contributed by atoms with van der Waals surface area (Å²) in [6.45, 7) is 0.0363. The first kappa shape index (κ1) is 15.2. The van der Waals surface area contributed by atoms with Crippen molar-refractivity contribution < 1.29 is 17.6 Å². The first-order valence-corrected chi connectivity index (χ1v) is 8.09. The van der Waals surface area contributed by atoms with Crippen LogP contribution in [-0.2, 0) is 16.4 Å². The van der Waals surface area contributed by atoms with E-state index < -0.39 is 21.6 Å². The van der Waals surface area contributed by atoms with Crippen LogP contribution in [0.2, 0.25) is 0 Å². The van der Waals surface area contributed by atoms with Crippen LogP contribution in [0.4, 0.5) is 4.39 Å². The Kier molecular flexibility index (Phi) is 4.37. The third-order valence-electron chi connectivity index (χ3n) is 2.92. The van der Waals surface area contributed by atoms with Crippen LogP contribution in [0.15, 0.2) is 53.4 Å². The van der Waals surface area contributed by atoms with E-state index in [1.807, 2.05) is 0 Å². The van der Waals surface area contributed by atoms with Crippen molar-refractivity contribution in [2.45, 2.75) is 11.4 Å². The predicted octanol–water partition coefficient (Wildman–Crippen LogP) is 2.16. The minimum Gasteiger partial charge on any atom is -0.348 e. The van der Waals surface area contributed by atoms with Gasteiger partial charge >= 0.3 is 0 Å². The van der Waals surface area contributed by atoms with Gasteiger partial charge in [-0.3, -0.25) is 4.79 Å². The second-order valence-corrected chi connectivity index (χ2v) is 6.59. The van der Waals surface area contributed by atoms with Crippen LogP contribution in [0.3, 0.4) is 0 Å². The maximum Gasteiger partial charge on any atom is 0.251 e. The summed E-state index contributed by atoms with van der Waals surface area (Å²) in [7, 11) is -3.37. The Morgan fingerprint density at radius 3 is 2.52 bits per heavy atom. The second-order valence-electron chi connectivity index (χ2n) is 4.57. The number of carbonyl (C=O) groups excluding carboxylic acids is 1. The summed E-state index contributed by atoms with van der Waals surface area (Å²) in [6, 6.07) is 11.8. The van der Waals surface area contributed by atoms with E-state index in [1.165, 1.54) is 30.3 Å². The van der Waals surface area contributed by atoms with Crippen molar-refractivity contribution in [3.05, 3.63) is 65.5 Å². The Hall–Kier alpha value is -2.21. The number of benzene rings is 2. The van der Waals surface area contributed by atoms with Crippen LogP contribution in [0, 0.1) is 5.82 Å². The summed E-state index contributed by atoms with van der Waals surface area (Å²) in [5, 5.41) is 2.56. The van der Waals surface area contributed by atoms with E-state index in [0.717, 1.165) is 6.26 Å². The molecule has 0 spiro atoms. The van der Waals surface area contributed by atoms with E-state index in [2.05, 4.69) is 5.32 Å². The fourth-order valence-electron chi connectivity index (χ4n) is 1.79. The average Bonchev–Trinajstić information content (AvgIpc) is 2.45. The first-order valence-electron chi connectivity index (χ1n) is 6.19. The molecule has 21 heavy (non-hydrogen) atoms. The molecule has 2 rings (SSSR count). The minimum atomic E-state index is -3.37. The number of sulfone groups is 1. The SMILES string of the molecule is CS(=O)(=O)c1cccc(C(=O)NCc2ccccc2F)c1. The number of rotatable bonds is 4. The molecule has 0 aliphatic rings. The van der Waals surface area contributed by atoms with Crippen LogP contribution in [0.5, 0.6) is 0 Å². The number of amides is 1. The molecule has 0 aliphatic heterocycles. The molecule has 2 aromatic carbocycles. The molecule has 0 saturated carbocycles. The zero-order chi connectivity index (χ0) is 15.5. The van der Waals surface area contributed by atoms with Gasteiger partial charge in [-0.05, 0) is 24.3 Å². The Morgan fingerprint density at radius 1 is 1.14 bits per heavy atom. The zero-order valence-corrected chi connectivity index (χ0v) is 12.2. The van der Waals surface area contributed by atoms with Crippen LogP contribution in [0.25, 0.3) is 0 Å². The molecular formula is C15H14FNO3S. The highest BCUT2D eigenvalue weighted by Gasteiger charge is 2.12. The van der Waals surface area contributed by atoms with Crippen LogP contribution in [0.1, 0.15) is 15.9 Å². The molecular weight excluding hydrogens is 293 g/mol. The van der Waals surface area contributed by atoms with Crippen molar-refractivity contribution in [1.82, 2.24) is 5.32 Å². The van der Waals surface area contributed by atoms with Crippen molar-refractivity contribution in [2.75, 3.05) is 6.26 Å². The van der Waals surface area contributed by atoms with Crippen LogP contribution < -0.4 is 5.32 Å². The number of carbonyl (C=O) groups is 1. The van der Waals surface area contributed by atoms with Gasteiger partial charge in [-0.1, -0.05) is 24.3 Å². The Labute approximate surface area is 122 Å². The standard InChI is InChI=1S/C15H14FNO3S/c1-21(19,20)13-7-4-6-11(9-13)15(18)17-10-12-5-2-3-8-14(12)16/h2-9H,10H2,1H3,(H,17,18). The van der Waals surface area contributed by atoms with E-state index in [-0.39, 0.29) is 17.0 Å². The average molecular weight is 307 g/mol. The maximum atomic E-state index is 13.4. The van der Waals surface area contributed by atoms with E-state index in [0.29, 0.717) is 5.56 Å². The molecule has 0 aliphatic carbocycles. The second kappa shape index (κ2) is 6.05. The summed E-state index contributed by atoms with van der Waals surface area (Å²) < 4.78 is 36.3. The van der Waals surface area contributed by atoms with Gasteiger partial charge in [0, 0.05) is 23.9 Å². The van der Waals surface area contributed by atoms with Crippen molar-refractivity contribution in [3.8, 4) is 0 Å². The number of hydrogen-bond acceptors (Lipinski definition) is 3. The highest BCUT2D eigenvalue weighted by atomic mass is 32.2. The van der Waals surface area contributed by atoms with Gasteiger partial charge < -0.3 is 5.32 Å². The monoisotopic (exact) mass is 307 g/mol. The van der Waals surface area contributed by atoms with Crippen molar-refractivity contribution >= 4 is 15.7 Å². The maximum absolute atomic E-state index is 13.4. The highest BCUT2D eigenvalue weighted by molar-refractivity contribution is 7.90. The summed E-state index contributed by atoms with van der Waals surface area (Å²) in [6.07, 6.45) is 1.07. The molecule has 0 atom stereocenters. The molecule has 6 heteroatoms. The molecule has 110 valence electrons. The van der Waals surface area contributed by atoms with Crippen molar-refractivity contribution in [2.24, 2.45) is 0 Å². The molecule has 0 bridgehead atoms. The van der Waals surface area contributed by atoms with Gasteiger partial charge in [0.05, 0.1) is 4.90 Å². The number of nitrogens with one attached hydrogen (secondary N) is 1. The molecule has 0 saturated heterocycles. The fraction of sp³-hybridized carbons (Fsp3) is 0.133. The lowest BCUT2D eigenvalue weighted by Gasteiger charge is -2.07. The molecule has 1 amide bonds. The summed E-state index contributed by atoms with van der Waals surface area (Å²) in [4.78, 5) is 12.1. The summed E-state index contributed by atoms with van der Waals surface area (Å²) in [5.74, 6) is -0.855. The lowest BCUT2D eigenvalue weighted by atomic mass is 10.2. The van der Waals surface area contributed by atoms with E-state index in [9.17, 15) is 17.6 Å². The first-order chi connectivity index (χ1) is 9.88. The lowest BCUT2D eigenvalue weighted by molar-refractivity contribution is 0.0950. The van der Waals surface area contributed by atoms with E-state index in [1.54, 1.807) is 18.2 Å². The molecule has 0 unspecified atom stereocenters. The topological polar surface area (TPSA) is 63.2 Å². The Balaban J connectivity index is 2.13. The summed E-state index contributed by atoms with van der Waals surface area (Å²) >= 11 is 0. The molecule has 2 aromatic rings. The number of hydrogen-bond donors (Lipinski definition) is 1. The quantitative estimate of drug-likeness (QED) is 0.941. The largest absolute Gasteiger partial charge is 0.348 e. The molecule has 0 aromatic heterocycles. The van der Waals surface area contributed by atoms with Gasteiger partial charge in [0.2, 0.25) is 0 Å². The Morgan fingerprint density at radius 2 is 1.86 bits per heavy atom. The lowest BCUT2D eigenvalue weighted by Crippen LogP contribution is -2.23. The number of halogens is 1. The third-order valence-corrected chi connectivity index (χ3v) is 4.03. The minimum absolute atomic E-state index is 0.0363. The van der Waals surface area contributed by atoms with Crippen molar-refractivity contribution in [3.63, 3.8) is 0 Å². The summed E-state index contributed by atoms with van der Waals surface area (Å²) in [5.41, 5.74) is 0.583. The third kappa shape index (κ3) is 3.88. The highest BCUT2D eigenvalue weighted by Crippen LogP contribution is 2.12. The molecule has 0 radical (unpaired) electrons.